The van der Waals surface area contributed by atoms with Gasteiger partial charge in [-0.15, -0.1) is 0 Å². The molecule has 0 radical (unpaired) electrons. The molecule has 3 nitrogen and oxygen atoms in total. The first-order valence-corrected chi connectivity index (χ1v) is 5.17. The molecule has 0 bridgehead atoms. The maximum atomic E-state index is 9.97. The molecule has 0 aromatic carbocycles. The van der Waals surface area contributed by atoms with Crippen LogP contribution < -0.4 is 0 Å². The van der Waals surface area contributed by atoms with Crippen LogP contribution in [0.3, 0.4) is 0 Å². The van der Waals surface area contributed by atoms with E-state index in [1.54, 1.807) is 0 Å². The van der Waals surface area contributed by atoms with Crippen LogP contribution in [0.1, 0.15) is 6.42 Å². The monoisotopic (exact) mass is 165 g/mol. The minimum atomic E-state index is -0.799. The Morgan fingerprint density at radius 2 is 2.20 bits per heavy atom. The zero-order chi connectivity index (χ0) is 7.98. The molecule has 1 N–H and O–H groups in total. The number of ether oxygens (including phenoxy) is 1. The molecule has 0 saturated carbocycles. The maximum Gasteiger partial charge on any atom is 0.305 e. The van der Waals surface area contributed by atoms with E-state index in [4.69, 9.17) is 9.84 Å². The lowest BCUT2D eigenvalue weighted by atomic mass is 10.5. The van der Waals surface area contributed by atoms with Gasteiger partial charge in [-0.25, -0.2) is 0 Å². The van der Waals surface area contributed by atoms with E-state index in [-0.39, 0.29) is 17.3 Å². The molecular formula is C6H13O3S+. The third-order valence-corrected chi connectivity index (χ3v) is 1.42. The highest BCUT2D eigenvalue weighted by Crippen LogP contribution is 1.88. The van der Waals surface area contributed by atoms with Crippen molar-refractivity contribution >= 4 is 16.9 Å². The Morgan fingerprint density at radius 1 is 1.60 bits per heavy atom. The van der Waals surface area contributed by atoms with Gasteiger partial charge in [0, 0.05) is 10.9 Å². The molecule has 4 heteroatoms. The van der Waals surface area contributed by atoms with E-state index in [2.05, 4.69) is 12.5 Å². The highest BCUT2D eigenvalue weighted by atomic mass is 32.2. The summed E-state index contributed by atoms with van der Waals surface area (Å²) in [4.78, 5) is 9.97. The first kappa shape index (κ1) is 9.78. The number of hydrogen-bond donors (Lipinski definition) is 1. The molecular weight excluding hydrogens is 152 g/mol. The summed E-state index contributed by atoms with van der Waals surface area (Å²) in [6.07, 6.45) is 4.22. The average molecular weight is 165 g/mol. The van der Waals surface area contributed by atoms with Gasteiger partial charge in [-0.1, -0.05) is 0 Å². The van der Waals surface area contributed by atoms with Crippen LogP contribution in [0.2, 0.25) is 0 Å². The van der Waals surface area contributed by atoms with Crippen molar-refractivity contribution in [3.05, 3.63) is 0 Å². The van der Waals surface area contributed by atoms with Crippen LogP contribution in [0, 0.1) is 0 Å². The Bertz CT molecular complexity index is 103. The van der Waals surface area contributed by atoms with Gasteiger partial charge in [0.25, 0.3) is 0 Å². The first-order valence-electron chi connectivity index (χ1n) is 2.96. The Balaban J connectivity index is 2.98. The van der Waals surface area contributed by atoms with Crippen molar-refractivity contribution in [2.45, 2.75) is 6.42 Å². The summed E-state index contributed by atoms with van der Waals surface area (Å²) < 4.78 is 5.04. The third kappa shape index (κ3) is 7.78. The number of carboxylic acid groups (broad SMARTS) is 1. The Kier molecular flexibility index (Phi) is 5.43. The Morgan fingerprint density at radius 3 is 2.60 bits per heavy atom. The van der Waals surface area contributed by atoms with E-state index in [1.807, 2.05) is 0 Å². The van der Waals surface area contributed by atoms with Crippen molar-refractivity contribution in [1.82, 2.24) is 0 Å². The summed E-state index contributed by atoms with van der Waals surface area (Å²) in [5.74, 6) is -0.125. The molecule has 0 aliphatic heterocycles. The molecule has 0 atom stereocenters. The van der Waals surface area contributed by atoms with Gasteiger partial charge in [0.15, 0.2) is 0 Å². The molecule has 0 fully saturated rings. The summed E-state index contributed by atoms with van der Waals surface area (Å²) in [5.41, 5.74) is 0. The topological polar surface area (TPSA) is 46.5 Å². The van der Waals surface area contributed by atoms with E-state index in [0.29, 0.717) is 12.5 Å². The van der Waals surface area contributed by atoms with Crippen LogP contribution >= 0.6 is 0 Å². The minimum absolute atomic E-state index is 0.108. The van der Waals surface area contributed by atoms with Gasteiger partial charge in [0.2, 0.25) is 5.94 Å². The lowest BCUT2D eigenvalue weighted by Gasteiger charge is -1.97. The quantitative estimate of drug-likeness (QED) is 0.471. The Hall–Kier alpha value is -0.220. The van der Waals surface area contributed by atoms with Crippen molar-refractivity contribution in [3.8, 4) is 0 Å². The number of rotatable bonds is 5. The Labute approximate surface area is 63.7 Å². The fourth-order valence-electron chi connectivity index (χ4n) is 0.385. The van der Waals surface area contributed by atoms with Crippen LogP contribution in [0.25, 0.3) is 0 Å². The van der Waals surface area contributed by atoms with Crippen molar-refractivity contribution in [1.29, 1.82) is 0 Å². The summed E-state index contributed by atoms with van der Waals surface area (Å²) in [7, 11) is 0.255. The highest BCUT2D eigenvalue weighted by molar-refractivity contribution is 7.95. The van der Waals surface area contributed by atoms with Gasteiger partial charge in [-0.3, -0.25) is 4.79 Å². The molecule has 0 heterocycles. The molecule has 0 unspecified atom stereocenters. The summed E-state index contributed by atoms with van der Waals surface area (Å²) in [5, 5.41) is 8.20. The fourth-order valence-corrected chi connectivity index (χ4v) is 0.836. The highest BCUT2D eigenvalue weighted by Gasteiger charge is 2.02. The number of hydrogen-bond acceptors (Lipinski definition) is 2. The lowest BCUT2D eigenvalue weighted by Crippen LogP contribution is -2.09. The van der Waals surface area contributed by atoms with Crippen molar-refractivity contribution < 1.29 is 14.6 Å². The van der Waals surface area contributed by atoms with Gasteiger partial charge >= 0.3 is 5.97 Å². The van der Waals surface area contributed by atoms with Crippen LogP contribution in [0.5, 0.6) is 0 Å². The molecule has 60 valence electrons. The molecule has 0 aromatic heterocycles. The van der Waals surface area contributed by atoms with Crippen LogP contribution in [0.15, 0.2) is 0 Å². The van der Waals surface area contributed by atoms with Gasteiger partial charge < -0.3 is 9.84 Å². The third-order valence-electron chi connectivity index (χ3n) is 0.779. The van der Waals surface area contributed by atoms with Crippen molar-refractivity contribution in [2.24, 2.45) is 0 Å². The summed E-state index contributed by atoms with van der Waals surface area (Å²) >= 11 is 0. The standard InChI is InChI=1S/C6H12O3S/c1-10(2)5-9-4-3-6(7)8/h3-5H2,1-2H3/p+1. The molecule has 0 saturated heterocycles. The number of aliphatic carboxylic acids is 1. The molecule has 0 aromatic rings. The number of carboxylic acids is 1. The van der Waals surface area contributed by atoms with Gasteiger partial charge in [-0.2, -0.15) is 0 Å². The molecule has 0 spiro atoms. The lowest BCUT2D eigenvalue weighted by molar-refractivity contribution is -0.138. The second-order valence-corrected chi connectivity index (χ2v) is 4.36. The zero-order valence-corrected chi connectivity index (χ0v) is 7.11. The number of carbonyl (C=O) groups is 1. The van der Waals surface area contributed by atoms with Crippen molar-refractivity contribution in [3.63, 3.8) is 0 Å². The normalized spacial score (nSPS) is 10.3. The molecule has 0 amide bonds. The van der Waals surface area contributed by atoms with Crippen LogP contribution in [-0.4, -0.2) is 36.1 Å². The van der Waals surface area contributed by atoms with E-state index in [9.17, 15) is 4.79 Å². The van der Waals surface area contributed by atoms with Crippen LogP contribution in [0.4, 0.5) is 0 Å². The van der Waals surface area contributed by atoms with Gasteiger partial charge in [0.1, 0.15) is 0 Å². The SMILES string of the molecule is C[S+](C)COCCC(=O)O. The fraction of sp³-hybridized carbons (Fsp3) is 0.833. The molecule has 0 aliphatic carbocycles. The summed E-state index contributed by atoms with van der Waals surface area (Å²) in [6.45, 7) is 0.334. The average Bonchev–Trinajstić information content (AvgIpc) is 1.79. The van der Waals surface area contributed by atoms with E-state index >= 15 is 0 Å². The maximum absolute atomic E-state index is 9.97. The largest absolute Gasteiger partial charge is 0.481 e. The smallest absolute Gasteiger partial charge is 0.305 e. The van der Waals surface area contributed by atoms with Gasteiger partial charge in [-0.05, 0) is 0 Å². The first-order chi connectivity index (χ1) is 4.63. The van der Waals surface area contributed by atoms with Crippen molar-refractivity contribution in [2.75, 3.05) is 25.1 Å². The summed E-state index contributed by atoms with van der Waals surface area (Å²) in [6, 6.07) is 0. The zero-order valence-electron chi connectivity index (χ0n) is 6.29. The minimum Gasteiger partial charge on any atom is -0.481 e. The molecule has 0 aliphatic rings. The predicted molar refractivity (Wildman–Crippen MR) is 42.3 cm³/mol. The second-order valence-electron chi connectivity index (χ2n) is 2.16. The van der Waals surface area contributed by atoms with Gasteiger partial charge in [0.05, 0.1) is 25.5 Å². The molecule has 10 heavy (non-hydrogen) atoms. The van der Waals surface area contributed by atoms with E-state index < -0.39 is 5.97 Å². The predicted octanol–water partition coefficient (Wildman–Crippen LogP) is 0.313. The van der Waals surface area contributed by atoms with E-state index in [0.717, 1.165) is 0 Å². The molecule has 0 rings (SSSR count). The van der Waals surface area contributed by atoms with Crippen LogP contribution in [-0.2, 0) is 20.4 Å². The second kappa shape index (κ2) is 5.56. The van der Waals surface area contributed by atoms with E-state index in [1.165, 1.54) is 0 Å².